The smallest absolute Gasteiger partial charge is 0.407 e. The largest absolute Gasteiger partial charge is 0.444 e. The summed E-state index contributed by atoms with van der Waals surface area (Å²) in [5.74, 6) is 0.341. The average molecular weight is 530 g/mol. The molecule has 1 fully saturated rings. The normalized spacial score (nSPS) is 17.0. The highest BCUT2D eigenvalue weighted by Crippen LogP contribution is 2.40. The Bertz CT molecular complexity index is 1220. The minimum atomic E-state index is -2.96. The van der Waals surface area contributed by atoms with Gasteiger partial charge in [0.25, 0.3) is 0 Å². The molecule has 4 rings (SSSR count). The number of alkyl carbamates (subject to hydrolysis) is 1. The first-order chi connectivity index (χ1) is 18.2. The summed E-state index contributed by atoms with van der Waals surface area (Å²) in [6, 6.07) is 11.6. The second kappa shape index (κ2) is 12.1. The van der Waals surface area contributed by atoms with E-state index in [2.05, 4.69) is 17.3 Å². The summed E-state index contributed by atoms with van der Waals surface area (Å²) in [6.45, 7) is 5.78. The molecule has 1 amide bonds. The van der Waals surface area contributed by atoms with E-state index in [1.165, 1.54) is 0 Å². The molecule has 0 spiro atoms. The molecule has 3 aromatic rings. The molecule has 1 N–H and O–H groups in total. The van der Waals surface area contributed by atoms with Crippen molar-refractivity contribution in [1.29, 1.82) is 0 Å². The molecular formula is C29H37F2N3O4. The van der Waals surface area contributed by atoms with Gasteiger partial charge in [-0.25, -0.2) is 9.48 Å². The van der Waals surface area contributed by atoms with Crippen LogP contribution < -0.4 is 10.1 Å². The van der Waals surface area contributed by atoms with Gasteiger partial charge < -0.3 is 19.5 Å². The highest BCUT2D eigenvalue weighted by atomic mass is 19.3. The molecule has 0 bridgehead atoms. The Morgan fingerprint density at radius 3 is 2.58 bits per heavy atom. The second-order valence-electron chi connectivity index (χ2n) is 10.6. The fourth-order valence-electron chi connectivity index (χ4n) is 4.89. The van der Waals surface area contributed by atoms with E-state index in [1.807, 2.05) is 51.1 Å². The van der Waals surface area contributed by atoms with Crippen LogP contribution in [0.15, 0.2) is 42.6 Å². The summed E-state index contributed by atoms with van der Waals surface area (Å²) in [5.41, 5.74) is 2.63. The summed E-state index contributed by atoms with van der Waals surface area (Å²) >= 11 is 0. The van der Waals surface area contributed by atoms with Crippen molar-refractivity contribution in [2.45, 2.75) is 84.2 Å². The average Bonchev–Trinajstić information content (AvgIpc) is 3.31. The van der Waals surface area contributed by atoms with E-state index in [4.69, 9.17) is 14.2 Å². The lowest BCUT2D eigenvalue weighted by Gasteiger charge is -2.23. The molecule has 38 heavy (non-hydrogen) atoms. The lowest BCUT2D eigenvalue weighted by Crippen LogP contribution is -2.33. The number of hydrogen-bond acceptors (Lipinski definition) is 5. The lowest BCUT2D eigenvalue weighted by atomic mass is 9.91. The van der Waals surface area contributed by atoms with Crippen LogP contribution in [-0.2, 0) is 9.47 Å². The first-order valence-corrected chi connectivity index (χ1v) is 13.3. The highest BCUT2D eigenvalue weighted by Gasteiger charge is 2.23. The van der Waals surface area contributed by atoms with Crippen LogP contribution in [0.5, 0.6) is 5.75 Å². The molecule has 9 heteroatoms. The lowest BCUT2D eigenvalue weighted by molar-refractivity contribution is -0.0484. The van der Waals surface area contributed by atoms with Crippen LogP contribution in [0.2, 0.25) is 0 Å². The predicted molar refractivity (Wildman–Crippen MR) is 143 cm³/mol. The van der Waals surface area contributed by atoms with Gasteiger partial charge in [0.05, 0.1) is 17.1 Å². The zero-order chi connectivity index (χ0) is 27.3. The third-order valence-corrected chi connectivity index (χ3v) is 6.71. The van der Waals surface area contributed by atoms with Gasteiger partial charge in [-0.3, -0.25) is 0 Å². The maximum atomic E-state index is 13.5. The monoisotopic (exact) mass is 529 g/mol. The van der Waals surface area contributed by atoms with Gasteiger partial charge in [-0.05, 0) is 82.1 Å². The van der Waals surface area contributed by atoms with Crippen LogP contribution in [0.4, 0.5) is 13.6 Å². The zero-order valence-corrected chi connectivity index (χ0v) is 22.5. The van der Waals surface area contributed by atoms with E-state index in [-0.39, 0.29) is 17.9 Å². The van der Waals surface area contributed by atoms with Crippen molar-refractivity contribution in [2.75, 3.05) is 13.2 Å². The van der Waals surface area contributed by atoms with Crippen LogP contribution in [0, 0.1) is 0 Å². The molecule has 2 atom stereocenters. The van der Waals surface area contributed by atoms with Gasteiger partial charge in [-0.2, -0.15) is 13.9 Å². The number of fused-ring (bicyclic) bond motifs is 1. The van der Waals surface area contributed by atoms with Crippen LogP contribution >= 0.6 is 0 Å². The number of aromatic nitrogens is 2. The number of rotatable bonds is 9. The van der Waals surface area contributed by atoms with Crippen LogP contribution in [0.3, 0.4) is 0 Å². The van der Waals surface area contributed by atoms with E-state index >= 15 is 0 Å². The molecule has 7 nitrogen and oxygen atoms in total. The van der Waals surface area contributed by atoms with Gasteiger partial charge in [0.2, 0.25) is 0 Å². The fraction of sp³-hybridized carbons (Fsp3) is 0.517. The van der Waals surface area contributed by atoms with Crippen LogP contribution in [-0.4, -0.2) is 41.2 Å². The maximum absolute atomic E-state index is 13.5. The van der Waals surface area contributed by atoms with Crippen molar-refractivity contribution in [1.82, 2.24) is 15.1 Å². The number of carbonyl (C=O) groups excluding carboxylic acids is 1. The maximum Gasteiger partial charge on any atom is 0.407 e. The van der Waals surface area contributed by atoms with E-state index in [0.717, 1.165) is 43.2 Å². The van der Waals surface area contributed by atoms with Crippen molar-refractivity contribution >= 4 is 17.0 Å². The number of halogens is 2. The fourth-order valence-corrected chi connectivity index (χ4v) is 4.89. The molecule has 1 aliphatic heterocycles. The summed E-state index contributed by atoms with van der Waals surface area (Å²) in [5, 5.41) is 7.80. The van der Waals surface area contributed by atoms with Crippen molar-refractivity contribution in [2.24, 2.45) is 0 Å². The molecule has 2 aromatic carbocycles. The van der Waals surface area contributed by atoms with Gasteiger partial charge >= 0.3 is 12.7 Å². The van der Waals surface area contributed by atoms with Crippen LogP contribution in [0.25, 0.3) is 22.0 Å². The molecule has 1 saturated heterocycles. The molecule has 1 aromatic heterocycles. The Morgan fingerprint density at radius 2 is 1.95 bits per heavy atom. The second-order valence-corrected chi connectivity index (χ2v) is 10.6. The van der Waals surface area contributed by atoms with Crippen LogP contribution in [0.1, 0.15) is 77.5 Å². The summed E-state index contributed by atoms with van der Waals surface area (Å²) in [6.07, 6.45) is 5.46. The van der Waals surface area contributed by atoms with Gasteiger partial charge in [-0.15, -0.1) is 0 Å². The number of nitrogens with zero attached hydrogens (tertiary/aromatic N) is 2. The Labute approximate surface area is 222 Å². The van der Waals surface area contributed by atoms with Crippen molar-refractivity contribution in [3.05, 3.63) is 48.2 Å². The first kappa shape index (κ1) is 27.8. The number of ether oxygens (including phenoxy) is 3. The topological polar surface area (TPSA) is 74.6 Å². The molecule has 2 unspecified atom stereocenters. The third kappa shape index (κ3) is 6.81. The summed E-state index contributed by atoms with van der Waals surface area (Å²) < 4.78 is 44.9. The zero-order valence-electron chi connectivity index (χ0n) is 22.5. The molecule has 0 aliphatic carbocycles. The minimum Gasteiger partial charge on any atom is -0.444 e. The van der Waals surface area contributed by atoms with E-state index in [9.17, 15) is 13.6 Å². The molecule has 1 aliphatic rings. The SMILES string of the molecule is CCC(CCNC(=O)OC(C)(C)C)c1ccc(-c2ccc3c(cnn3C3CCCCO3)c2OC(F)F)cc1. The van der Waals surface area contributed by atoms with E-state index in [0.29, 0.717) is 29.6 Å². The van der Waals surface area contributed by atoms with Crippen molar-refractivity contribution in [3.8, 4) is 16.9 Å². The summed E-state index contributed by atoms with van der Waals surface area (Å²) in [7, 11) is 0. The standard InChI is InChI=1S/C29H37F2N3O4/c1-5-19(15-16-32-28(35)38-29(2,3)4)20-9-11-21(12-10-20)22-13-14-24-23(26(22)37-27(30)31)18-33-34(24)25-8-6-7-17-36-25/h9-14,18-19,25,27H,5-8,15-17H2,1-4H3,(H,32,35). The number of benzene rings is 2. The van der Waals surface area contributed by atoms with Crippen molar-refractivity contribution < 1.29 is 27.8 Å². The number of amides is 1. The Balaban J connectivity index is 1.53. The predicted octanol–water partition coefficient (Wildman–Crippen LogP) is 7.41. The van der Waals surface area contributed by atoms with Gasteiger partial charge in [0, 0.05) is 18.7 Å². The molecule has 2 heterocycles. The Hall–Kier alpha value is -3.20. The van der Waals surface area contributed by atoms with Gasteiger partial charge in [0.15, 0.2) is 6.23 Å². The minimum absolute atomic E-state index is 0.112. The highest BCUT2D eigenvalue weighted by molar-refractivity contribution is 5.93. The molecule has 206 valence electrons. The Kier molecular flexibility index (Phi) is 8.87. The number of nitrogens with one attached hydrogen (secondary N) is 1. The summed E-state index contributed by atoms with van der Waals surface area (Å²) in [4.78, 5) is 11.9. The van der Waals surface area contributed by atoms with Gasteiger partial charge in [-0.1, -0.05) is 31.2 Å². The van der Waals surface area contributed by atoms with Crippen molar-refractivity contribution in [3.63, 3.8) is 0 Å². The third-order valence-electron chi connectivity index (χ3n) is 6.71. The Morgan fingerprint density at radius 1 is 1.18 bits per heavy atom. The number of alkyl halides is 2. The van der Waals surface area contributed by atoms with Gasteiger partial charge in [0.1, 0.15) is 11.4 Å². The number of carbonyl (C=O) groups is 1. The van der Waals surface area contributed by atoms with E-state index in [1.54, 1.807) is 16.9 Å². The van der Waals surface area contributed by atoms with E-state index < -0.39 is 18.3 Å². The quantitative estimate of drug-likeness (QED) is 0.312. The first-order valence-electron chi connectivity index (χ1n) is 13.3. The molecule has 0 radical (unpaired) electrons. The molecule has 0 saturated carbocycles. The number of hydrogen-bond donors (Lipinski definition) is 1. The molecular weight excluding hydrogens is 492 g/mol.